The first-order valence-corrected chi connectivity index (χ1v) is 11.9. The highest BCUT2D eigenvalue weighted by molar-refractivity contribution is 6.24. The molecule has 8 nitrogen and oxygen atoms in total. The predicted octanol–water partition coefficient (Wildman–Crippen LogP) is 4.41. The van der Waals surface area contributed by atoms with Crippen molar-refractivity contribution in [3.05, 3.63) is 94.5 Å². The average molecular weight is 500 g/mol. The quantitative estimate of drug-likeness (QED) is 0.334. The van der Waals surface area contributed by atoms with Crippen LogP contribution in [0, 0.1) is 0 Å². The molecule has 0 spiro atoms. The van der Waals surface area contributed by atoms with Gasteiger partial charge < -0.3 is 20.1 Å². The molecule has 37 heavy (non-hydrogen) atoms. The van der Waals surface area contributed by atoms with E-state index in [0.29, 0.717) is 34.6 Å². The highest BCUT2D eigenvalue weighted by Gasteiger charge is 2.36. The molecule has 1 aliphatic heterocycles. The summed E-state index contributed by atoms with van der Waals surface area (Å²) < 4.78 is 4.81. The van der Waals surface area contributed by atoms with Crippen LogP contribution in [0.5, 0.6) is 0 Å². The third-order valence-electron chi connectivity index (χ3n) is 6.11. The Hall–Kier alpha value is -4.30. The van der Waals surface area contributed by atoms with Gasteiger partial charge in [0.15, 0.2) is 0 Å². The zero-order valence-electron chi connectivity index (χ0n) is 21.0. The Balaban J connectivity index is 1.79. The lowest BCUT2D eigenvalue weighted by atomic mass is 9.89. The molecule has 2 N–H and O–H groups in total. The number of anilines is 1. The second-order valence-electron chi connectivity index (χ2n) is 9.21. The molecule has 1 unspecified atom stereocenters. The molecule has 4 rings (SSSR count). The van der Waals surface area contributed by atoms with Gasteiger partial charge >= 0.3 is 11.9 Å². The van der Waals surface area contributed by atoms with E-state index in [9.17, 15) is 14.4 Å². The monoisotopic (exact) mass is 499 g/mol. The van der Waals surface area contributed by atoms with Crippen LogP contribution < -0.4 is 5.32 Å². The lowest BCUT2D eigenvalue weighted by molar-refractivity contribution is -0.137. The summed E-state index contributed by atoms with van der Waals surface area (Å²) >= 11 is 0. The number of hydrogen-bond donors (Lipinski definition) is 2. The summed E-state index contributed by atoms with van der Waals surface area (Å²) in [6, 6.07) is 20.3. The van der Waals surface area contributed by atoms with Crippen LogP contribution in [0.15, 0.2) is 71.7 Å². The molecule has 0 aliphatic carbocycles. The lowest BCUT2D eigenvalue weighted by Gasteiger charge is -2.15. The fraction of sp³-hybridized carbons (Fsp3) is 0.241. The van der Waals surface area contributed by atoms with Crippen molar-refractivity contribution in [1.82, 2.24) is 4.90 Å². The van der Waals surface area contributed by atoms with E-state index in [2.05, 4.69) is 10.2 Å². The topological polar surface area (TPSA) is 108 Å². The molecule has 1 aliphatic rings. The Bertz CT molecular complexity index is 1360. The normalized spacial score (nSPS) is 14.9. The number of benzene rings is 3. The van der Waals surface area contributed by atoms with Crippen LogP contribution in [0.2, 0.25) is 0 Å². The standard InChI is InChI=1S/C29H29N3O5/c1-32(2)17-19-7-11-22(12-8-19)30-27(20-6-4-5-18(15-20)9-14-25(33)34)26-23-13-10-21(29(36)37-3)16-24(23)31-28(26)35/h4-8,10-13,15-16,26H,9,14,17H2,1-3H3,(H,31,35)(H,33,34). The summed E-state index contributed by atoms with van der Waals surface area (Å²) in [5.74, 6) is -2.32. The largest absolute Gasteiger partial charge is 0.481 e. The zero-order chi connectivity index (χ0) is 26.5. The van der Waals surface area contributed by atoms with Crippen molar-refractivity contribution >= 4 is 34.9 Å². The van der Waals surface area contributed by atoms with Crippen LogP contribution in [0.1, 0.15) is 45.0 Å². The molecule has 0 fully saturated rings. The summed E-state index contributed by atoms with van der Waals surface area (Å²) in [6.45, 7) is 0.795. The van der Waals surface area contributed by atoms with E-state index in [1.807, 2.05) is 62.6 Å². The van der Waals surface area contributed by atoms with Gasteiger partial charge in [0.05, 0.1) is 24.1 Å². The molecule has 1 atom stereocenters. The van der Waals surface area contributed by atoms with Crippen molar-refractivity contribution in [3.63, 3.8) is 0 Å². The minimum Gasteiger partial charge on any atom is -0.481 e. The number of carboxylic acid groups (broad SMARTS) is 1. The number of rotatable bonds is 9. The fourth-order valence-electron chi connectivity index (χ4n) is 4.39. The summed E-state index contributed by atoms with van der Waals surface area (Å²) in [4.78, 5) is 43.4. The van der Waals surface area contributed by atoms with Gasteiger partial charge in [0.25, 0.3) is 0 Å². The van der Waals surface area contributed by atoms with Gasteiger partial charge in [-0.25, -0.2) is 4.79 Å². The van der Waals surface area contributed by atoms with Crippen molar-refractivity contribution in [3.8, 4) is 0 Å². The highest BCUT2D eigenvalue weighted by Crippen LogP contribution is 2.37. The van der Waals surface area contributed by atoms with Crippen LogP contribution in [0.25, 0.3) is 0 Å². The number of fused-ring (bicyclic) bond motifs is 1. The first kappa shape index (κ1) is 25.8. The number of carboxylic acids is 1. The molecule has 0 bridgehead atoms. The number of amides is 1. The minimum atomic E-state index is -0.873. The van der Waals surface area contributed by atoms with Crippen LogP contribution in [-0.2, 0) is 27.3 Å². The summed E-state index contributed by atoms with van der Waals surface area (Å²) in [7, 11) is 5.31. The van der Waals surface area contributed by atoms with Gasteiger partial charge in [-0.3, -0.25) is 14.6 Å². The lowest BCUT2D eigenvalue weighted by Crippen LogP contribution is -2.22. The number of nitrogens with zero attached hydrogens (tertiary/aromatic N) is 2. The van der Waals surface area contributed by atoms with E-state index in [4.69, 9.17) is 14.8 Å². The van der Waals surface area contributed by atoms with E-state index >= 15 is 0 Å². The SMILES string of the molecule is COC(=O)c1ccc2c(c1)NC(=O)C2C(=Nc1ccc(CN(C)C)cc1)c1cccc(CCC(=O)O)c1. The maximum absolute atomic E-state index is 13.3. The summed E-state index contributed by atoms with van der Waals surface area (Å²) in [6.07, 6.45) is 0.373. The van der Waals surface area contributed by atoms with Gasteiger partial charge in [0.1, 0.15) is 5.92 Å². The maximum Gasteiger partial charge on any atom is 0.337 e. The summed E-state index contributed by atoms with van der Waals surface area (Å²) in [5, 5.41) is 12.0. The predicted molar refractivity (Wildman–Crippen MR) is 142 cm³/mol. The third kappa shape index (κ3) is 6.10. The van der Waals surface area contributed by atoms with Crippen LogP contribution in [0.4, 0.5) is 11.4 Å². The van der Waals surface area contributed by atoms with E-state index in [1.165, 1.54) is 7.11 Å². The number of aliphatic carboxylic acids is 1. The van der Waals surface area contributed by atoms with Gasteiger partial charge in [-0.1, -0.05) is 36.4 Å². The Labute approximate surface area is 215 Å². The van der Waals surface area contributed by atoms with Crippen molar-refractivity contribution in [2.45, 2.75) is 25.3 Å². The van der Waals surface area contributed by atoms with Crippen LogP contribution in [-0.4, -0.2) is 54.8 Å². The molecule has 0 saturated heterocycles. The number of aliphatic imine (C=N–C) groups is 1. The molecule has 0 radical (unpaired) electrons. The molecule has 3 aromatic rings. The van der Waals surface area contributed by atoms with Crippen molar-refractivity contribution < 1.29 is 24.2 Å². The molecule has 190 valence electrons. The third-order valence-corrected chi connectivity index (χ3v) is 6.11. The summed E-state index contributed by atoms with van der Waals surface area (Å²) in [5.41, 5.74) is 5.53. The molecule has 1 amide bonds. The Kier molecular flexibility index (Phi) is 7.79. The van der Waals surface area contributed by atoms with Crippen molar-refractivity contribution in [1.29, 1.82) is 0 Å². The minimum absolute atomic E-state index is 0.00627. The fourth-order valence-corrected chi connectivity index (χ4v) is 4.39. The van der Waals surface area contributed by atoms with Gasteiger partial charge in [-0.15, -0.1) is 0 Å². The molecule has 1 heterocycles. The average Bonchev–Trinajstić information content (AvgIpc) is 3.21. The smallest absolute Gasteiger partial charge is 0.337 e. The van der Waals surface area contributed by atoms with Gasteiger partial charge in [-0.2, -0.15) is 0 Å². The Morgan fingerprint density at radius 2 is 1.76 bits per heavy atom. The first-order chi connectivity index (χ1) is 17.7. The Morgan fingerprint density at radius 3 is 2.43 bits per heavy atom. The molecular weight excluding hydrogens is 470 g/mol. The number of ether oxygens (including phenoxy) is 1. The van der Waals surface area contributed by atoms with E-state index in [1.54, 1.807) is 18.2 Å². The molecule has 8 heteroatoms. The molecule has 0 saturated carbocycles. The van der Waals surface area contributed by atoms with E-state index in [-0.39, 0.29) is 12.3 Å². The molecule has 3 aromatic carbocycles. The number of esters is 1. The zero-order valence-corrected chi connectivity index (χ0v) is 21.0. The Morgan fingerprint density at radius 1 is 1.00 bits per heavy atom. The molecular formula is C29H29N3O5. The number of methoxy groups -OCH3 is 1. The molecule has 0 aromatic heterocycles. The van der Waals surface area contributed by atoms with Crippen molar-refractivity contribution in [2.24, 2.45) is 4.99 Å². The maximum atomic E-state index is 13.3. The number of carbonyl (C=O) groups is 3. The van der Waals surface area contributed by atoms with E-state index in [0.717, 1.165) is 23.2 Å². The second-order valence-corrected chi connectivity index (χ2v) is 9.21. The number of hydrogen-bond acceptors (Lipinski definition) is 6. The second kappa shape index (κ2) is 11.2. The number of aryl methyl sites for hydroxylation is 1. The highest BCUT2D eigenvalue weighted by atomic mass is 16.5. The number of carbonyl (C=O) groups excluding carboxylic acids is 2. The van der Waals surface area contributed by atoms with Gasteiger partial charge in [0, 0.05) is 18.7 Å². The van der Waals surface area contributed by atoms with Gasteiger partial charge in [-0.05, 0) is 73.1 Å². The van der Waals surface area contributed by atoms with Crippen molar-refractivity contribution in [2.75, 3.05) is 26.5 Å². The first-order valence-electron chi connectivity index (χ1n) is 11.9. The van der Waals surface area contributed by atoms with E-state index < -0.39 is 17.9 Å². The van der Waals surface area contributed by atoms with Crippen LogP contribution >= 0.6 is 0 Å². The van der Waals surface area contributed by atoms with Gasteiger partial charge in [0.2, 0.25) is 5.91 Å². The van der Waals surface area contributed by atoms with Crippen LogP contribution in [0.3, 0.4) is 0 Å². The number of nitrogens with one attached hydrogen (secondary N) is 1.